The van der Waals surface area contributed by atoms with Gasteiger partial charge in [-0.3, -0.25) is 9.52 Å². The first-order valence-electron chi connectivity index (χ1n) is 8.53. The number of nitrogens with zero attached hydrogens (tertiary/aromatic N) is 1. The van der Waals surface area contributed by atoms with E-state index in [-0.39, 0.29) is 11.8 Å². The number of fused-ring (bicyclic) bond motifs is 1. The largest absolute Gasteiger partial charge is 0.497 e. The van der Waals surface area contributed by atoms with E-state index in [1.54, 1.807) is 37.4 Å². The van der Waals surface area contributed by atoms with Gasteiger partial charge in [-0.2, -0.15) is 0 Å². The highest BCUT2D eigenvalue weighted by Gasteiger charge is 2.35. The maximum atomic E-state index is 12.7. The Bertz CT molecular complexity index is 931. The molecule has 2 aliphatic rings. The topological polar surface area (TPSA) is 75.7 Å². The van der Waals surface area contributed by atoms with Gasteiger partial charge in [0.25, 0.3) is 10.0 Å². The van der Waals surface area contributed by atoms with E-state index < -0.39 is 10.0 Å². The van der Waals surface area contributed by atoms with Crippen LogP contribution in [0.25, 0.3) is 0 Å². The smallest absolute Gasteiger partial charge is 0.271 e. The van der Waals surface area contributed by atoms with E-state index in [4.69, 9.17) is 4.74 Å². The lowest BCUT2D eigenvalue weighted by molar-refractivity contribution is -0.133. The summed E-state index contributed by atoms with van der Waals surface area (Å²) in [6.45, 7) is 1.19. The first-order chi connectivity index (χ1) is 12.5. The molecule has 1 aromatic carbocycles. The summed E-state index contributed by atoms with van der Waals surface area (Å²) < 4.78 is 33.4. The van der Waals surface area contributed by atoms with Crippen LogP contribution in [0.1, 0.15) is 23.3 Å². The van der Waals surface area contributed by atoms with E-state index in [0.29, 0.717) is 28.7 Å². The number of amides is 1. The van der Waals surface area contributed by atoms with Gasteiger partial charge >= 0.3 is 0 Å². The molecule has 1 saturated carbocycles. The Hall–Kier alpha value is -2.06. The average Bonchev–Trinajstić information content (AvgIpc) is 3.39. The number of carbonyl (C=O) groups is 1. The van der Waals surface area contributed by atoms with Crippen molar-refractivity contribution in [3.05, 3.63) is 40.8 Å². The van der Waals surface area contributed by atoms with Crippen molar-refractivity contribution in [1.29, 1.82) is 0 Å². The molecule has 4 rings (SSSR count). The van der Waals surface area contributed by atoms with Crippen LogP contribution in [0.15, 0.2) is 34.5 Å². The third-order valence-corrected chi connectivity index (χ3v) is 7.78. The number of thiophene rings is 1. The standard InChI is InChI=1S/C18H20N2O4S2/c1-24-15-6-4-14(5-7-15)19-26(22,23)17-10-13-11-20(9-8-16(13)25-17)18(21)12-2-3-12/h4-7,10,12,19H,2-3,8-9,11H2,1H3. The van der Waals surface area contributed by atoms with Gasteiger partial charge in [0.05, 0.1) is 7.11 Å². The maximum Gasteiger partial charge on any atom is 0.271 e. The fraction of sp³-hybridized carbons (Fsp3) is 0.389. The first kappa shape index (κ1) is 17.4. The number of methoxy groups -OCH3 is 1. The number of hydrogen-bond acceptors (Lipinski definition) is 5. The van der Waals surface area contributed by atoms with Gasteiger partial charge in [-0.1, -0.05) is 0 Å². The molecule has 1 fully saturated rings. The summed E-state index contributed by atoms with van der Waals surface area (Å²) >= 11 is 1.29. The Balaban J connectivity index is 1.51. The molecule has 6 nitrogen and oxygen atoms in total. The van der Waals surface area contributed by atoms with Gasteiger partial charge in [0.2, 0.25) is 5.91 Å². The Morgan fingerprint density at radius 3 is 2.65 bits per heavy atom. The number of carbonyl (C=O) groups excluding carboxylic acids is 1. The number of benzene rings is 1. The Kier molecular flexibility index (Phi) is 4.40. The molecule has 1 aliphatic heterocycles. The van der Waals surface area contributed by atoms with Crippen LogP contribution in [-0.2, 0) is 27.8 Å². The average molecular weight is 393 g/mol. The molecule has 0 radical (unpaired) electrons. The van der Waals surface area contributed by atoms with E-state index in [2.05, 4.69) is 4.72 Å². The SMILES string of the molecule is COc1ccc(NS(=O)(=O)c2cc3c(s2)CCN(C(=O)C2CC2)C3)cc1. The number of sulfonamides is 1. The molecule has 2 aromatic rings. The lowest BCUT2D eigenvalue weighted by atomic mass is 10.1. The quantitative estimate of drug-likeness (QED) is 0.849. The Morgan fingerprint density at radius 1 is 1.27 bits per heavy atom. The zero-order valence-corrected chi connectivity index (χ0v) is 16.0. The van der Waals surface area contributed by atoms with Crippen molar-refractivity contribution in [2.75, 3.05) is 18.4 Å². The van der Waals surface area contributed by atoms with Crippen molar-refractivity contribution in [3.63, 3.8) is 0 Å². The predicted molar refractivity (Wildman–Crippen MR) is 100.0 cm³/mol. The molecule has 1 aromatic heterocycles. The van der Waals surface area contributed by atoms with Gasteiger partial charge in [-0.25, -0.2) is 8.42 Å². The van der Waals surface area contributed by atoms with Crippen LogP contribution in [0.3, 0.4) is 0 Å². The van der Waals surface area contributed by atoms with Crippen LogP contribution in [0.2, 0.25) is 0 Å². The normalized spacial score (nSPS) is 16.9. The van der Waals surface area contributed by atoms with Gasteiger partial charge in [0.1, 0.15) is 9.96 Å². The maximum absolute atomic E-state index is 12.7. The highest BCUT2D eigenvalue weighted by atomic mass is 32.2. The molecule has 0 spiro atoms. The highest BCUT2D eigenvalue weighted by molar-refractivity contribution is 7.94. The molecule has 26 heavy (non-hydrogen) atoms. The number of nitrogens with one attached hydrogen (secondary N) is 1. The zero-order chi connectivity index (χ0) is 18.3. The highest BCUT2D eigenvalue weighted by Crippen LogP contribution is 2.36. The number of anilines is 1. The van der Waals surface area contributed by atoms with E-state index in [1.165, 1.54) is 11.3 Å². The first-order valence-corrected chi connectivity index (χ1v) is 10.8. The minimum atomic E-state index is -3.64. The van der Waals surface area contributed by atoms with E-state index >= 15 is 0 Å². The molecule has 0 atom stereocenters. The lowest BCUT2D eigenvalue weighted by Crippen LogP contribution is -2.36. The van der Waals surface area contributed by atoms with Crippen molar-refractivity contribution in [2.24, 2.45) is 5.92 Å². The third kappa shape index (κ3) is 3.43. The summed E-state index contributed by atoms with van der Waals surface area (Å²) in [4.78, 5) is 15.2. The number of ether oxygens (including phenoxy) is 1. The van der Waals surface area contributed by atoms with Crippen molar-refractivity contribution in [1.82, 2.24) is 4.90 Å². The van der Waals surface area contributed by atoms with Crippen LogP contribution in [0.4, 0.5) is 5.69 Å². The second-order valence-electron chi connectivity index (χ2n) is 6.63. The van der Waals surface area contributed by atoms with Gasteiger partial charge in [0.15, 0.2) is 0 Å². The minimum absolute atomic E-state index is 0.190. The van der Waals surface area contributed by atoms with Gasteiger partial charge in [-0.15, -0.1) is 11.3 Å². The minimum Gasteiger partial charge on any atom is -0.497 e. The van der Waals surface area contributed by atoms with Gasteiger partial charge < -0.3 is 9.64 Å². The lowest BCUT2D eigenvalue weighted by Gasteiger charge is -2.26. The summed E-state index contributed by atoms with van der Waals surface area (Å²) in [5.74, 6) is 1.07. The molecule has 2 heterocycles. The Labute approximate surface area is 156 Å². The number of hydrogen-bond donors (Lipinski definition) is 1. The second-order valence-corrected chi connectivity index (χ2v) is 9.68. The molecule has 0 saturated heterocycles. The van der Waals surface area contributed by atoms with E-state index in [1.807, 2.05) is 4.90 Å². The molecule has 0 bridgehead atoms. The van der Waals surface area contributed by atoms with Gasteiger partial charge in [0, 0.05) is 29.6 Å². The fourth-order valence-corrected chi connectivity index (χ4v) is 5.68. The summed E-state index contributed by atoms with van der Waals surface area (Å²) in [6, 6.07) is 8.45. The molecule has 1 N–H and O–H groups in total. The molecule has 1 aliphatic carbocycles. The molecule has 1 amide bonds. The van der Waals surface area contributed by atoms with Crippen LogP contribution in [-0.4, -0.2) is 32.9 Å². The number of rotatable bonds is 5. The summed E-state index contributed by atoms with van der Waals surface area (Å²) in [5, 5.41) is 0. The van der Waals surface area contributed by atoms with Crippen LogP contribution < -0.4 is 9.46 Å². The monoisotopic (exact) mass is 392 g/mol. The summed E-state index contributed by atoms with van der Waals surface area (Å²) in [6.07, 6.45) is 2.69. The van der Waals surface area contributed by atoms with Gasteiger partial charge in [-0.05, 0) is 55.2 Å². The predicted octanol–water partition coefficient (Wildman–Crippen LogP) is 2.85. The van der Waals surface area contributed by atoms with Crippen molar-refractivity contribution in [3.8, 4) is 5.75 Å². The van der Waals surface area contributed by atoms with Crippen LogP contribution in [0, 0.1) is 5.92 Å². The molecular weight excluding hydrogens is 372 g/mol. The zero-order valence-electron chi connectivity index (χ0n) is 14.4. The molecular formula is C18H20N2O4S2. The van der Waals surface area contributed by atoms with Crippen molar-refractivity contribution in [2.45, 2.75) is 30.0 Å². The summed E-state index contributed by atoms with van der Waals surface area (Å²) in [5.41, 5.74) is 1.44. The van der Waals surface area contributed by atoms with Crippen LogP contribution >= 0.6 is 11.3 Å². The van der Waals surface area contributed by atoms with Crippen molar-refractivity contribution < 1.29 is 17.9 Å². The van der Waals surface area contributed by atoms with Crippen molar-refractivity contribution >= 4 is 33.0 Å². The summed E-state index contributed by atoms with van der Waals surface area (Å²) in [7, 11) is -2.08. The van der Waals surface area contributed by atoms with E-state index in [0.717, 1.165) is 29.7 Å². The fourth-order valence-electron chi connectivity index (χ4n) is 3.08. The molecule has 8 heteroatoms. The Morgan fingerprint density at radius 2 is 2.00 bits per heavy atom. The van der Waals surface area contributed by atoms with Crippen LogP contribution in [0.5, 0.6) is 5.75 Å². The second kappa shape index (κ2) is 6.59. The molecule has 0 unspecified atom stereocenters. The van der Waals surface area contributed by atoms with E-state index in [9.17, 15) is 13.2 Å². The third-order valence-electron chi connectivity index (χ3n) is 4.69. The molecule has 138 valence electrons.